The van der Waals surface area contributed by atoms with Gasteiger partial charge in [0, 0.05) is 14.0 Å². The van der Waals surface area contributed by atoms with E-state index < -0.39 is 11.9 Å². The van der Waals surface area contributed by atoms with Crippen molar-refractivity contribution in [2.75, 3.05) is 18.9 Å². The van der Waals surface area contributed by atoms with Gasteiger partial charge in [-0.25, -0.2) is 9.78 Å². The molecule has 0 aliphatic rings. The lowest BCUT2D eigenvalue weighted by molar-refractivity contribution is -0.131. The van der Waals surface area contributed by atoms with Gasteiger partial charge in [-0.05, 0) is 12.1 Å². The van der Waals surface area contributed by atoms with Crippen molar-refractivity contribution in [2.45, 2.75) is 6.92 Å². The number of amides is 2. The number of aromatic nitrogens is 1. The molecule has 0 radical (unpaired) electrons. The summed E-state index contributed by atoms with van der Waals surface area (Å²) < 4.78 is 0. The number of nitrogens with zero attached hydrogens (tertiary/aromatic N) is 2. The number of pyridine rings is 1. The van der Waals surface area contributed by atoms with Gasteiger partial charge >= 0.3 is 5.97 Å². The fraction of sp³-hybridized carbons (Fsp3) is 0.273. The zero-order chi connectivity index (χ0) is 13.7. The molecule has 0 fully saturated rings. The topological polar surface area (TPSA) is 99.6 Å². The van der Waals surface area contributed by atoms with Crippen LogP contribution in [-0.2, 0) is 9.59 Å². The number of rotatable bonds is 4. The minimum Gasteiger partial charge on any atom is -0.477 e. The van der Waals surface area contributed by atoms with Crippen LogP contribution in [0.1, 0.15) is 17.4 Å². The molecule has 0 aromatic carbocycles. The number of nitrogens with one attached hydrogen (secondary N) is 1. The average Bonchev–Trinajstić information content (AvgIpc) is 2.28. The van der Waals surface area contributed by atoms with Crippen LogP contribution in [0.5, 0.6) is 0 Å². The van der Waals surface area contributed by atoms with Crippen molar-refractivity contribution < 1.29 is 19.5 Å². The van der Waals surface area contributed by atoms with Crippen molar-refractivity contribution in [3.8, 4) is 0 Å². The summed E-state index contributed by atoms with van der Waals surface area (Å²) in [6.45, 7) is 1.23. The van der Waals surface area contributed by atoms with E-state index in [0.29, 0.717) is 0 Å². The second kappa shape index (κ2) is 5.76. The first-order valence-corrected chi connectivity index (χ1v) is 5.12. The average molecular weight is 251 g/mol. The third-order valence-corrected chi connectivity index (χ3v) is 2.15. The monoisotopic (exact) mass is 251 g/mol. The van der Waals surface area contributed by atoms with Gasteiger partial charge in [0.05, 0.1) is 6.54 Å². The second-order valence-electron chi connectivity index (χ2n) is 3.64. The summed E-state index contributed by atoms with van der Waals surface area (Å²) in [6, 6.07) is 4.26. The van der Waals surface area contributed by atoms with Gasteiger partial charge in [0.15, 0.2) is 5.69 Å². The number of anilines is 1. The highest BCUT2D eigenvalue weighted by molar-refractivity contribution is 5.94. The van der Waals surface area contributed by atoms with Crippen molar-refractivity contribution in [1.29, 1.82) is 0 Å². The zero-order valence-electron chi connectivity index (χ0n) is 10.0. The lowest BCUT2D eigenvalue weighted by Gasteiger charge is -2.13. The Hall–Kier alpha value is -2.44. The first kappa shape index (κ1) is 13.6. The van der Waals surface area contributed by atoms with Crippen molar-refractivity contribution in [2.24, 2.45) is 0 Å². The summed E-state index contributed by atoms with van der Waals surface area (Å²) in [4.78, 5) is 38.1. The van der Waals surface area contributed by atoms with Gasteiger partial charge in [-0.1, -0.05) is 6.07 Å². The molecule has 0 atom stereocenters. The van der Waals surface area contributed by atoms with Crippen LogP contribution in [-0.4, -0.2) is 46.4 Å². The maximum absolute atomic E-state index is 11.5. The predicted octanol–water partition coefficient (Wildman–Crippen LogP) is 0.197. The predicted molar refractivity (Wildman–Crippen MR) is 63.1 cm³/mol. The number of carbonyl (C=O) groups is 3. The lowest BCUT2D eigenvalue weighted by atomic mass is 10.3. The molecule has 18 heavy (non-hydrogen) atoms. The van der Waals surface area contributed by atoms with E-state index in [9.17, 15) is 14.4 Å². The SMILES string of the molecule is CC(=O)N(C)CC(=O)Nc1cccc(C(=O)O)n1. The first-order valence-electron chi connectivity index (χ1n) is 5.12. The van der Waals surface area contributed by atoms with E-state index in [0.717, 1.165) is 0 Å². The smallest absolute Gasteiger partial charge is 0.354 e. The fourth-order valence-corrected chi connectivity index (χ4v) is 1.13. The molecule has 0 bridgehead atoms. The molecule has 0 unspecified atom stereocenters. The van der Waals surface area contributed by atoms with E-state index in [2.05, 4.69) is 10.3 Å². The van der Waals surface area contributed by atoms with Crippen molar-refractivity contribution >= 4 is 23.6 Å². The molecule has 1 aromatic rings. The molecule has 1 rings (SSSR count). The molecule has 2 amide bonds. The molecule has 96 valence electrons. The Morgan fingerprint density at radius 3 is 2.61 bits per heavy atom. The summed E-state index contributed by atoms with van der Waals surface area (Å²) in [7, 11) is 1.49. The molecule has 0 aliphatic carbocycles. The molecule has 0 spiro atoms. The van der Waals surface area contributed by atoms with E-state index in [-0.39, 0.29) is 24.0 Å². The van der Waals surface area contributed by atoms with Crippen LogP contribution in [0.15, 0.2) is 18.2 Å². The molecular formula is C11H13N3O4. The fourth-order valence-electron chi connectivity index (χ4n) is 1.13. The van der Waals surface area contributed by atoms with Crippen LogP contribution in [0.3, 0.4) is 0 Å². The number of carbonyl (C=O) groups excluding carboxylic acids is 2. The summed E-state index contributed by atoms with van der Waals surface area (Å²) >= 11 is 0. The highest BCUT2D eigenvalue weighted by atomic mass is 16.4. The highest BCUT2D eigenvalue weighted by Gasteiger charge is 2.11. The van der Waals surface area contributed by atoms with Crippen LogP contribution < -0.4 is 5.32 Å². The molecule has 7 nitrogen and oxygen atoms in total. The van der Waals surface area contributed by atoms with Crippen LogP contribution in [0.2, 0.25) is 0 Å². The Bertz CT molecular complexity index is 487. The Morgan fingerprint density at radius 2 is 2.06 bits per heavy atom. The summed E-state index contributed by atoms with van der Waals surface area (Å²) in [6.07, 6.45) is 0. The quantitative estimate of drug-likeness (QED) is 0.796. The van der Waals surface area contributed by atoms with Crippen molar-refractivity contribution in [1.82, 2.24) is 9.88 Å². The van der Waals surface area contributed by atoms with Gasteiger partial charge in [-0.15, -0.1) is 0 Å². The van der Waals surface area contributed by atoms with Gasteiger partial charge in [-0.2, -0.15) is 0 Å². The summed E-state index contributed by atoms with van der Waals surface area (Å²) in [5, 5.41) is 11.1. The third-order valence-electron chi connectivity index (χ3n) is 2.15. The van der Waals surface area contributed by atoms with Gasteiger partial charge in [0.25, 0.3) is 0 Å². The number of likely N-dealkylation sites (N-methyl/N-ethyl adjacent to an activating group) is 1. The number of hydrogen-bond donors (Lipinski definition) is 2. The van der Waals surface area contributed by atoms with Crippen LogP contribution in [0, 0.1) is 0 Å². The maximum Gasteiger partial charge on any atom is 0.354 e. The van der Waals surface area contributed by atoms with Crippen molar-refractivity contribution in [3.05, 3.63) is 23.9 Å². The van der Waals surface area contributed by atoms with E-state index in [1.165, 1.54) is 37.1 Å². The van der Waals surface area contributed by atoms with Crippen LogP contribution >= 0.6 is 0 Å². The van der Waals surface area contributed by atoms with Gasteiger partial charge < -0.3 is 15.3 Å². The maximum atomic E-state index is 11.5. The van der Waals surface area contributed by atoms with Gasteiger partial charge in [0.1, 0.15) is 5.82 Å². The van der Waals surface area contributed by atoms with E-state index in [1.54, 1.807) is 0 Å². The Labute approximate surface area is 103 Å². The first-order chi connectivity index (χ1) is 8.40. The zero-order valence-corrected chi connectivity index (χ0v) is 10.0. The molecule has 2 N–H and O–H groups in total. The summed E-state index contributed by atoms with van der Waals surface area (Å²) in [5.41, 5.74) is -0.160. The molecule has 1 aromatic heterocycles. The van der Waals surface area contributed by atoms with E-state index in [4.69, 9.17) is 5.11 Å². The van der Waals surface area contributed by atoms with Crippen LogP contribution in [0.4, 0.5) is 5.82 Å². The molecule has 0 aliphatic heterocycles. The number of carboxylic acid groups (broad SMARTS) is 1. The largest absolute Gasteiger partial charge is 0.477 e. The highest BCUT2D eigenvalue weighted by Crippen LogP contribution is 2.04. The Morgan fingerprint density at radius 1 is 1.39 bits per heavy atom. The van der Waals surface area contributed by atoms with Gasteiger partial charge in [-0.3, -0.25) is 9.59 Å². The Balaban J connectivity index is 2.67. The molecule has 0 saturated heterocycles. The minimum atomic E-state index is -1.17. The van der Waals surface area contributed by atoms with E-state index in [1.807, 2.05) is 0 Å². The van der Waals surface area contributed by atoms with Crippen molar-refractivity contribution in [3.63, 3.8) is 0 Å². The Kier molecular flexibility index (Phi) is 4.36. The number of aromatic carboxylic acids is 1. The molecular weight excluding hydrogens is 238 g/mol. The third kappa shape index (κ3) is 3.85. The second-order valence-corrected chi connectivity index (χ2v) is 3.64. The molecule has 1 heterocycles. The summed E-state index contributed by atoms with van der Waals surface area (Å²) in [5.74, 6) is -1.72. The van der Waals surface area contributed by atoms with E-state index >= 15 is 0 Å². The van der Waals surface area contributed by atoms with Gasteiger partial charge in [0.2, 0.25) is 11.8 Å². The standard InChI is InChI=1S/C11H13N3O4/c1-7(15)14(2)6-10(16)13-9-5-3-4-8(12-9)11(17)18/h3-5H,6H2,1-2H3,(H,17,18)(H,12,13,16). The normalized spacial score (nSPS) is 9.67. The minimum absolute atomic E-state index is 0.117. The van der Waals surface area contributed by atoms with Crippen LogP contribution in [0.25, 0.3) is 0 Å². The number of hydrogen-bond acceptors (Lipinski definition) is 4. The molecule has 7 heteroatoms. The molecule has 0 saturated carbocycles. The number of carboxylic acids is 1. The lowest BCUT2D eigenvalue weighted by Crippen LogP contribution is -2.33.